The number of carbonyl (C=O) groups is 2. The van der Waals surface area contributed by atoms with Crippen LogP contribution in [0, 0.1) is 16.7 Å². The Labute approximate surface area is 107 Å². The standard InChI is InChI=1S/C12H19N3O3/c1-18-8-7-14-10(16)3-6-15-11(17)12(9-13)4-2-5-12/h2-8H2,1H3,(H,14,16)(H,15,17). The second-order valence-electron chi connectivity index (χ2n) is 4.40. The summed E-state index contributed by atoms with van der Waals surface area (Å²) in [7, 11) is 1.56. The molecule has 0 atom stereocenters. The first-order valence-electron chi connectivity index (χ1n) is 6.10. The molecule has 1 aliphatic rings. The Morgan fingerprint density at radius 2 is 2.06 bits per heavy atom. The minimum absolute atomic E-state index is 0.132. The lowest BCUT2D eigenvalue weighted by molar-refractivity contribution is -0.131. The predicted octanol–water partition coefficient (Wildman–Crippen LogP) is -0.0508. The van der Waals surface area contributed by atoms with E-state index in [0.29, 0.717) is 26.0 Å². The second kappa shape index (κ2) is 6.97. The average molecular weight is 253 g/mol. The zero-order chi connectivity index (χ0) is 13.4. The SMILES string of the molecule is COCCNC(=O)CCNC(=O)C1(C#N)CCC1. The highest BCUT2D eigenvalue weighted by Gasteiger charge is 2.44. The molecular weight excluding hydrogens is 234 g/mol. The molecule has 0 aromatic rings. The Hall–Kier alpha value is -1.61. The number of hydrogen-bond donors (Lipinski definition) is 2. The Balaban J connectivity index is 2.16. The van der Waals surface area contributed by atoms with Gasteiger partial charge in [0.05, 0.1) is 12.7 Å². The predicted molar refractivity (Wildman–Crippen MR) is 64.4 cm³/mol. The minimum Gasteiger partial charge on any atom is -0.383 e. The van der Waals surface area contributed by atoms with E-state index in [4.69, 9.17) is 10.00 Å². The van der Waals surface area contributed by atoms with Crippen molar-refractivity contribution < 1.29 is 14.3 Å². The molecule has 1 rings (SSSR count). The fourth-order valence-corrected chi connectivity index (χ4v) is 1.76. The Kier molecular flexibility index (Phi) is 5.59. The summed E-state index contributed by atoms with van der Waals surface area (Å²) in [6.45, 7) is 1.20. The first-order chi connectivity index (χ1) is 8.64. The maximum absolute atomic E-state index is 11.7. The van der Waals surface area contributed by atoms with Crippen molar-refractivity contribution in [2.45, 2.75) is 25.7 Å². The molecule has 1 saturated carbocycles. The molecule has 6 nitrogen and oxygen atoms in total. The van der Waals surface area contributed by atoms with Crippen molar-refractivity contribution in [3.8, 4) is 6.07 Å². The van der Waals surface area contributed by atoms with Gasteiger partial charge in [-0.3, -0.25) is 9.59 Å². The van der Waals surface area contributed by atoms with Gasteiger partial charge in [-0.25, -0.2) is 0 Å². The number of methoxy groups -OCH3 is 1. The molecule has 0 aromatic heterocycles. The Morgan fingerprint density at radius 3 is 2.56 bits per heavy atom. The van der Waals surface area contributed by atoms with Gasteiger partial charge in [0.15, 0.2) is 0 Å². The normalized spacial score (nSPS) is 16.2. The summed E-state index contributed by atoms with van der Waals surface area (Å²) in [4.78, 5) is 23.1. The summed E-state index contributed by atoms with van der Waals surface area (Å²) in [5.41, 5.74) is -0.841. The van der Waals surface area contributed by atoms with Crippen LogP contribution in [-0.4, -0.2) is 38.6 Å². The molecule has 0 unspecified atom stereocenters. The van der Waals surface area contributed by atoms with E-state index in [2.05, 4.69) is 16.7 Å². The van der Waals surface area contributed by atoms with Gasteiger partial charge in [0.2, 0.25) is 11.8 Å². The van der Waals surface area contributed by atoms with Gasteiger partial charge in [0.25, 0.3) is 0 Å². The van der Waals surface area contributed by atoms with E-state index in [0.717, 1.165) is 6.42 Å². The Bertz CT molecular complexity index is 345. The van der Waals surface area contributed by atoms with Crippen LogP contribution in [0.15, 0.2) is 0 Å². The third-order valence-corrected chi connectivity index (χ3v) is 3.12. The monoisotopic (exact) mass is 253 g/mol. The lowest BCUT2D eigenvalue weighted by Crippen LogP contribution is -2.45. The highest BCUT2D eigenvalue weighted by molar-refractivity contribution is 5.86. The maximum Gasteiger partial charge on any atom is 0.240 e. The number of carbonyl (C=O) groups excluding carboxylic acids is 2. The van der Waals surface area contributed by atoms with E-state index in [9.17, 15) is 9.59 Å². The van der Waals surface area contributed by atoms with Crippen molar-refractivity contribution >= 4 is 11.8 Å². The molecule has 0 radical (unpaired) electrons. The lowest BCUT2D eigenvalue weighted by atomic mass is 9.69. The van der Waals surface area contributed by atoms with Gasteiger partial charge in [-0.1, -0.05) is 0 Å². The molecule has 0 heterocycles. The molecule has 100 valence electrons. The van der Waals surface area contributed by atoms with Gasteiger partial charge in [-0.2, -0.15) is 5.26 Å². The summed E-state index contributed by atoms with van der Waals surface area (Å²) in [6, 6.07) is 2.07. The van der Waals surface area contributed by atoms with Crippen LogP contribution in [0.3, 0.4) is 0 Å². The largest absolute Gasteiger partial charge is 0.383 e. The summed E-state index contributed by atoms with van der Waals surface area (Å²) >= 11 is 0. The molecule has 0 saturated heterocycles. The van der Waals surface area contributed by atoms with Crippen LogP contribution in [0.25, 0.3) is 0 Å². The summed E-state index contributed by atoms with van der Waals surface area (Å²) in [5, 5.41) is 14.3. The highest BCUT2D eigenvalue weighted by atomic mass is 16.5. The van der Waals surface area contributed by atoms with Crippen LogP contribution in [-0.2, 0) is 14.3 Å². The van der Waals surface area contributed by atoms with Crippen LogP contribution < -0.4 is 10.6 Å². The van der Waals surface area contributed by atoms with E-state index in [1.165, 1.54) is 0 Å². The van der Waals surface area contributed by atoms with Crippen LogP contribution in [0.1, 0.15) is 25.7 Å². The molecule has 1 aliphatic carbocycles. The topological polar surface area (TPSA) is 91.2 Å². The molecule has 2 amide bonds. The van der Waals surface area contributed by atoms with Crippen LogP contribution in [0.4, 0.5) is 0 Å². The van der Waals surface area contributed by atoms with Crippen molar-refractivity contribution in [3.05, 3.63) is 0 Å². The van der Waals surface area contributed by atoms with Gasteiger partial charge in [-0.15, -0.1) is 0 Å². The number of nitrogens with one attached hydrogen (secondary N) is 2. The van der Waals surface area contributed by atoms with Crippen molar-refractivity contribution in [3.63, 3.8) is 0 Å². The maximum atomic E-state index is 11.7. The summed E-state index contributed by atoms with van der Waals surface area (Å²) in [5.74, 6) is -0.382. The minimum atomic E-state index is -0.841. The Morgan fingerprint density at radius 1 is 1.33 bits per heavy atom. The molecule has 2 N–H and O–H groups in total. The van der Waals surface area contributed by atoms with Gasteiger partial charge in [0, 0.05) is 26.6 Å². The number of ether oxygens (including phenoxy) is 1. The van der Waals surface area contributed by atoms with Crippen LogP contribution >= 0.6 is 0 Å². The summed E-state index contributed by atoms with van der Waals surface area (Å²) < 4.78 is 4.80. The van der Waals surface area contributed by atoms with Crippen molar-refractivity contribution in [2.75, 3.05) is 26.8 Å². The van der Waals surface area contributed by atoms with E-state index in [1.807, 2.05) is 0 Å². The molecule has 0 bridgehead atoms. The molecule has 6 heteroatoms. The van der Waals surface area contributed by atoms with Crippen molar-refractivity contribution in [2.24, 2.45) is 5.41 Å². The third-order valence-electron chi connectivity index (χ3n) is 3.12. The number of hydrogen-bond acceptors (Lipinski definition) is 4. The first-order valence-corrected chi connectivity index (χ1v) is 6.10. The second-order valence-corrected chi connectivity index (χ2v) is 4.40. The lowest BCUT2D eigenvalue weighted by Gasteiger charge is -2.33. The zero-order valence-corrected chi connectivity index (χ0v) is 10.6. The van der Waals surface area contributed by atoms with Crippen LogP contribution in [0.2, 0.25) is 0 Å². The van der Waals surface area contributed by atoms with Gasteiger partial charge in [-0.05, 0) is 19.3 Å². The first kappa shape index (κ1) is 14.5. The fourth-order valence-electron chi connectivity index (χ4n) is 1.76. The number of amides is 2. The molecule has 0 spiro atoms. The smallest absolute Gasteiger partial charge is 0.240 e. The average Bonchev–Trinajstić information content (AvgIpc) is 2.28. The van der Waals surface area contributed by atoms with Crippen molar-refractivity contribution in [1.82, 2.24) is 10.6 Å². The highest BCUT2D eigenvalue weighted by Crippen LogP contribution is 2.40. The van der Waals surface area contributed by atoms with E-state index in [-0.39, 0.29) is 24.8 Å². The molecule has 1 fully saturated rings. The van der Waals surface area contributed by atoms with E-state index in [1.54, 1.807) is 7.11 Å². The molecule has 18 heavy (non-hydrogen) atoms. The van der Waals surface area contributed by atoms with Crippen molar-refractivity contribution in [1.29, 1.82) is 5.26 Å². The zero-order valence-electron chi connectivity index (χ0n) is 10.6. The summed E-state index contributed by atoms with van der Waals surface area (Å²) in [6.07, 6.45) is 2.38. The number of nitrogens with zero attached hydrogens (tertiary/aromatic N) is 1. The number of rotatable bonds is 7. The van der Waals surface area contributed by atoms with Gasteiger partial charge in [0.1, 0.15) is 5.41 Å². The molecule has 0 aliphatic heterocycles. The quantitative estimate of drug-likeness (QED) is 0.622. The van der Waals surface area contributed by atoms with Gasteiger partial charge >= 0.3 is 0 Å². The molecular formula is C12H19N3O3. The van der Waals surface area contributed by atoms with E-state index < -0.39 is 5.41 Å². The number of nitriles is 1. The van der Waals surface area contributed by atoms with Gasteiger partial charge < -0.3 is 15.4 Å². The third kappa shape index (κ3) is 3.70. The fraction of sp³-hybridized carbons (Fsp3) is 0.750. The van der Waals surface area contributed by atoms with E-state index >= 15 is 0 Å². The van der Waals surface area contributed by atoms with Crippen LogP contribution in [0.5, 0.6) is 0 Å². The molecule has 0 aromatic carbocycles.